The van der Waals surface area contributed by atoms with Crippen LogP contribution in [-0.2, 0) is 0 Å². The predicted octanol–water partition coefficient (Wildman–Crippen LogP) is 2.64. The highest BCUT2D eigenvalue weighted by Crippen LogP contribution is 2.19. The summed E-state index contributed by atoms with van der Waals surface area (Å²) in [7, 11) is 0. The zero-order valence-electron chi connectivity index (χ0n) is 11.6. The third-order valence-electron chi connectivity index (χ3n) is 2.99. The second-order valence-electron chi connectivity index (χ2n) is 4.52. The van der Waals surface area contributed by atoms with Gasteiger partial charge in [0.15, 0.2) is 0 Å². The summed E-state index contributed by atoms with van der Waals surface area (Å²) in [6, 6.07) is 15.9. The van der Waals surface area contributed by atoms with Crippen LogP contribution in [0.3, 0.4) is 0 Å². The molecule has 0 fully saturated rings. The SMILES string of the molecule is CC(NC(=O)c1ccccc1OC(N)=O)c1ccccc1. The lowest BCUT2D eigenvalue weighted by Crippen LogP contribution is -2.28. The maximum atomic E-state index is 12.3. The number of para-hydroxylation sites is 1. The van der Waals surface area contributed by atoms with Crippen LogP contribution >= 0.6 is 0 Å². The molecule has 108 valence electrons. The van der Waals surface area contributed by atoms with Crippen molar-refractivity contribution in [3.63, 3.8) is 0 Å². The van der Waals surface area contributed by atoms with Crippen LogP contribution in [0.4, 0.5) is 4.79 Å². The Morgan fingerprint density at radius 3 is 2.33 bits per heavy atom. The summed E-state index contributed by atoms with van der Waals surface area (Å²) >= 11 is 0. The van der Waals surface area contributed by atoms with Gasteiger partial charge in [0.2, 0.25) is 0 Å². The average molecular weight is 284 g/mol. The number of ether oxygens (including phenoxy) is 1. The molecule has 0 saturated heterocycles. The lowest BCUT2D eigenvalue weighted by atomic mass is 10.1. The molecule has 2 amide bonds. The van der Waals surface area contributed by atoms with E-state index in [4.69, 9.17) is 10.5 Å². The van der Waals surface area contributed by atoms with Gasteiger partial charge in [-0.3, -0.25) is 4.79 Å². The first-order chi connectivity index (χ1) is 10.1. The molecule has 0 saturated carbocycles. The summed E-state index contributed by atoms with van der Waals surface area (Å²) < 4.78 is 4.83. The van der Waals surface area contributed by atoms with Crippen LogP contribution in [0.25, 0.3) is 0 Å². The Kier molecular flexibility index (Phi) is 4.56. The molecule has 2 aromatic rings. The zero-order valence-corrected chi connectivity index (χ0v) is 11.6. The lowest BCUT2D eigenvalue weighted by molar-refractivity contribution is 0.0937. The van der Waals surface area contributed by atoms with E-state index in [0.717, 1.165) is 5.56 Å². The minimum atomic E-state index is -0.952. The summed E-state index contributed by atoms with van der Waals surface area (Å²) in [5.74, 6) is -0.189. The van der Waals surface area contributed by atoms with E-state index in [2.05, 4.69) is 5.32 Å². The monoisotopic (exact) mass is 284 g/mol. The molecule has 0 spiro atoms. The average Bonchev–Trinajstić information content (AvgIpc) is 2.48. The Morgan fingerprint density at radius 2 is 1.67 bits per heavy atom. The molecule has 2 rings (SSSR count). The number of carbonyl (C=O) groups is 2. The highest BCUT2D eigenvalue weighted by molar-refractivity contribution is 5.97. The van der Waals surface area contributed by atoms with Gasteiger partial charge >= 0.3 is 6.09 Å². The molecule has 0 aliphatic rings. The van der Waals surface area contributed by atoms with Crippen molar-refractivity contribution in [2.75, 3.05) is 0 Å². The van der Waals surface area contributed by atoms with Crippen LogP contribution in [0, 0.1) is 0 Å². The molecule has 5 nitrogen and oxygen atoms in total. The first-order valence-electron chi connectivity index (χ1n) is 6.50. The number of primary amides is 1. The molecule has 0 heterocycles. The molecule has 0 bridgehead atoms. The number of nitrogens with one attached hydrogen (secondary N) is 1. The number of rotatable bonds is 4. The Balaban J connectivity index is 2.15. The number of carbonyl (C=O) groups excluding carboxylic acids is 2. The van der Waals surface area contributed by atoms with E-state index in [9.17, 15) is 9.59 Å². The van der Waals surface area contributed by atoms with Crippen LogP contribution in [0.15, 0.2) is 54.6 Å². The molecular weight excluding hydrogens is 268 g/mol. The topological polar surface area (TPSA) is 81.4 Å². The molecule has 3 N–H and O–H groups in total. The maximum absolute atomic E-state index is 12.3. The van der Waals surface area contributed by atoms with Gasteiger partial charge in [-0.15, -0.1) is 0 Å². The lowest BCUT2D eigenvalue weighted by Gasteiger charge is -2.15. The van der Waals surface area contributed by atoms with Crippen LogP contribution in [0.5, 0.6) is 5.75 Å². The third-order valence-corrected chi connectivity index (χ3v) is 2.99. The van der Waals surface area contributed by atoms with Gasteiger partial charge in [0, 0.05) is 0 Å². The smallest absolute Gasteiger partial charge is 0.409 e. The fourth-order valence-electron chi connectivity index (χ4n) is 1.95. The van der Waals surface area contributed by atoms with Crippen LogP contribution < -0.4 is 15.8 Å². The summed E-state index contributed by atoms with van der Waals surface area (Å²) in [4.78, 5) is 23.1. The number of nitrogens with two attached hydrogens (primary N) is 1. The van der Waals surface area contributed by atoms with Crippen molar-refractivity contribution in [2.24, 2.45) is 5.73 Å². The van der Waals surface area contributed by atoms with E-state index in [1.54, 1.807) is 18.2 Å². The van der Waals surface area contributed by atoms with Gasteiger partial charge in [-0.2, -0.15) is 0 Å². The summed E-state index contributed by atoms with van der Waals surface area (Å²) in [6.07, 6.45) is -0.952. The molecule has 0 aliphatic carbocycles. The van der Waals surface area contributed by atoms with Gasteiger partial charge in [0.25, 0.3) is 5.91 Å². The second kappa shape index (κ2) is 6.56. The van der Waals surface area contributed by atoms with E-state index in [1.165, 1.54) is 6.07 Å². The van der Waals surface area contributed by atoms with Gasteiger partial charge < -0.3 is 15.8 Å². The highest BCUT2D eigenvalue weighted by atomic mass is 16.5. The van der Waals surface area contributed by atoms with E-state index < -0.39 is 6.09 Å². The van der Waals surface area contributed by atoms with E-state index in [0.29, 0.717) is 0 Å². The van der Waals surface area contributed by atoms with Crippen molar-refractivity contribution in [1.82, 2.24) is 5.32 Å². The molecule has 0 aliphatic heterocycles. The van der Waals surface area contributed by atoms with E-state index in [1.807, 2.05) is 37.3 Å². The quantitative estimate of drug-likeness (QED) is 0.905. The van der Waals surface area contributed by atoms with Gasteiger partial charge in [-0.05, 0) is 24.6 Å². The molecule has 0 radical (unpaired) electrons. The number of benzene rings is 2. The maximum Gasteiger partial charge on any atom is 0.409 e. The first kappa shape index (κ1) is 14.6. The molecule has 1 atom stereocenters. The first-order valence-corrected chi connectivity index (χ1v) is 6.50. The van der Waals surface area contributed by atoms with Gasteiger partial charge in [-0.1, -0.05) is 42.5 Å². The molecular formula is C16H16N2O3. The minimum absolute atomic E-state index is 0.141. The Morgan fingerprint density at radius 1 is 1.05 bits per heavy atom. The molecule has 1 unspecified atom stereocenters. The predicted molar refractivity (Wildman–Crippen MR) is 79.0 cm³/mol. The van der Waals surface area contributed by atoms with Crippen molar-refractivity contribution < 1.29 is 14.3 Å². The van der Waals surface area contributed by atoms with Crippen LogP contribution in [-0.4, -0.2) is 12.0 Å². The summed E-state index contributed by atoms with van der Waals surface area (Å²) in [6.45, 7) is 1.88. The summed E-state index contributed by atoms with van der Waals surface area (Å²) in [5.41, 5.74) is 6.24. The highest BCUT2D eigenvalue weighted by Gasteiger charge is 2.16. The van der Waals surface area contributed by atoms with Crippen LogP contribution in [0.1, 0.15) is 28.9 Å². The molecule has 5 heteroatoms. The molecule has 2 aromatic carbocycles. The standard InChI is InChI=1S/C16H16N2O3/c1-11(12-7-3-2-4-8-12)18-15(19)13-9-5-6-10-14(13)21-16(17)20/h2-11H,1H3,(H2,17,20)(H,18,19). The van der Waals surface area contributed by atoms with Gasteiger partial charge in [-0.25, -0.2) is 4.79 Å². The Labute approximate surface area is 122 Å². The second-order valence-corrected chi connectivity index (χ2v) is 4.52. The Bertz CT molecular complexity index is 641. The fourth-order valence-corrected chi connectivity index (χ4v) is 1.95. The third kappa shape index (κ3) is 3.82. The normalized spacial score (nSPS) is 11.5. The molecule has 21 heavy (non-hydrogen) atoms. The number of amides is 2. The number of hydrogen-bond donors (Lipinski definition) is 2. The summed E-state index contributed by atoms with van der Waals surface area (Å²) in [5, 5.41) is 2.86. The van der Waals surface area contributed by atoms with E-state index in [-0.39, 0.29) is 23.3 Å². The van der Waals surface area contributed by atoms with Crippen molar-refractivity contribution >= 4 is 12.0 Å². The van der Waals surface area contributed by atoms with Crippen molar-refractivity contribution in [3.05, 3.63) is 65.7 Å². The Hall–Kier alpha value is -2.82. The van der Waals surface area contributed by atoms with Crippen molar-refractivity contribution in [2.45, 2.75) is 13.0 Å². The zero-order chi connectivity index (χ0) is 15.2. The fraction of sp³-hybridized carbons (Fsp3) is 0.125. The largest absolute Gasteiger partial charge is 0.410 e. The van der Waals surface area contributed by atoms with E-state index >= 15 is 0 Å². The van der Waals surface area contributed by atoms with Crippen molar-refractivity contribution in [1.29, 1.82) is 0 Å². The van der Waals surface area contributed by atoms with Crippen LogP contribution in [0.2, 0.25) is 0 Å². The number of hydrogen-bond acceptors (Lipinski definition) is 3. The minimum Gasteiger partial charge on any atom is -0.410 e. The van der Waals surface area contributed by atoms with Crippen molar-refractivity contribution in [3.8, 4) is 5.75 Å². The molecule has 0 aromatic heterocycles. The van der Waals surface area contributed by atoms with Gasteiger partial charge in [0.1, 0.15) is 5.75 Å². The van der Waals surface area contributed by atoms with Gasteiger partial charge in [0.05, 0.1) is 11.6 Å².